The van der Waals surface area contributed by atoms with E-state index in [1.807, 2.05) is 58.9 Å². The Morgan fingerprint density at radius 1 is 0.705 bits per heavy atom. The highest BCUT2D eigenvalue weighted by Crippen LogP contribution is 2.21. The third kappa shape index (κ3) is 14.3. The Labute approximate surface area is 265 Å². The Balaban J connectivity index is 0.000000399. The van der Waals surface area contributed by atoms with Crippen molar-refractivity contribution in [2.45, 2.75) is 119 Å². The Morgan fingerprint density at radius 3 is 1.41 bits per heavy atom. The van der Waals surface area contributed by atoms with Gasteiger partial charge in [0.1, 0.15) is 0 Å². The van der Waals surface area contributed by atoms with Crippen molar-refractivity contribution in [3.63, 3.8) is 0 Å². The predicted octanol–water partition coefficient (Wildman–Crippen LogP) is 6.46. The van der Waals surface area contributed by atoms with Crippen molar-refractivity contribution in [1.82, 2.24) is 10.4 Å². The Kier molecular flexibility index (Phi) is 16.6. The van der Waals surface area contributed by atoms with Crippen LogP contribution in [0.3, 0.4) is 0 Å². The second-order valence-corrected chi connectivity index (χ2v) is 13.0. The summed E-state index contributed by atoms with van der Waals surface area (Å²) in [5, 5.41) is 3.54. The van der Waals surface area contributed by atoms with Gasteiger partial charge < -0.3 is 15.9 Å². The highest BCUT2D eigenvalue weighted by atomic mass is 16.7. The number of nitrogens with one attached hydrogen (secondary N) is 1. The molecular weight excluding hydrogens is 554 g/mol. The van der Waals surface area contributed by atoms with Gasteiger partial charge in [0.2, 0.25) is 5.91 Å². The molecule has 1 aliphatic rings. The molecule has 1 fully saturated rings. The van der Waals surface area contributed by atoms with Crippen LogP contribution >= 0.6 is 0 Å². The van der Waals surface area contributed by atoms with E-state index in [2.05, 4.69) is 57.3 Å². The molecule has 2 unspecified atom stereocenters. The second-order valence-electron chi connectivity index (χ2n) is 13.0. The maximum Gasteiger partial charge on any atom is 0.340 e. The monoisotopic (exact) mass is 609 g/mol. The molecule has 0 spiro atoms. The van der Waals surface area contributed by atoms with Gasteiger partial charge in [-0.25, -0.2) is 4.79 Å². The number of amides is 3. The van der Waals surface area contributed by atoms with Crippen LogP contribution in [0.2, 0.25) is 0 Å². The SMILES string of the molecule is CC(C)Cc1ccc(C(C)C(=O)NC(C)C)cc1.CC(C)Cc1ccc(C(C)C(=O)ON2C(=O)CCC2=O)cc1.CC(C)N. The average Bonchev–Trinajstić information content (AvgIpc) is 3.24. The molecule has 3 N–H and O–H groups in total. The minimum atomic E-state index is -0.597. The molecule has 44 heavy (non-hydrogen) atoms. The van der Waals surface area contributed by atoms with Crippen LogP contribution in [-0.4, -0.2) is 40.8 Å². The van der Waals surface area contributed by atoms with Crippen LogP contribution in [0.1, 0.15) is 116 Å². The number of carbonyl (C=O) groups excluding carboxylic acids is 4. The third-order valence-corrected chi connectivity index (χ3v) is 6.61. The number of nitrogens with zero attached hydrogens (tertiary/aromatic N) is 1. The fourth-order valence-electron chi connectivity index (χ4n) is 4.35. The summed E-state index contributed by atoms with van der Waals surface area (Å²) in [6, 6.07) is 16.7. The molecule has 3 amide bonds. The minimum Gasteiger partial charge on any atom is -0.353 e. The van der Waals surface area contributed by atoms with E-state index in [1.165, 1.54) is 11.1 Å². The molecule has 0 radical (unpaired) electrons. The van der Waals surface area contributed by atoms with Crippen LogP contribution in [0.4, 0.5) is 0 Å². The maximum absolute atomic E-state index is 12.1. The summed E-state index contributed by atoms with van der Waals surface area (Å²) in [6.45, 7) is 20.2. The van der Waals surface area contributed by atoms with Crippen LogP contribution in [0.15, 0.2) is 48.5 Å². The van der Waals surface area contributed by atoms with Crippen LogP contribution in [-0.2, 0) is 36.9 Å². The van der Waals surface area contributed by atoms with Gasteiger partial charge in [0.25, 0.3) is 11.8 Å². The summed E-state index contributed by atoms with van der Waals surface area (Å²) >= 11 is 0. The van der Waals surface area contributed by atoms with Crippen molar-refractivity contribution in [1.29, 1.82) is 0 Å². The highest BCUT2D eigenvalue weighted by molar-refractivity contribution is 6.01. The maximum atomic E-state index is 12.1. The van der Waals surface area contributed by atoms with Crippen molar-refractivity contribution in [3.05, 3.63) is 70.8 Å². The molecule has 0 aliphatic carbocycles. The summed E-state index contributed by atoms with van der Waals surface area (Å²) in [5.41, 5.74) is 9.55. The fraction of sp³-hybridized carbons (Fsp3) is 0.556. The van der Waals surface area contributed by atoms with Crippen molar-refractivity contribution in [3.8, 4) is 0 Å². The van der Waals surface area contributed by atoms with E-state index < -0.39 is 23.7 Å². The topological polar surface area (TPSA) is 119 Å². The van der Waals surface area contributed by atoms with Crippen molar-refractivity contribution >= 4 is 23.7 Å². The summed E-state index contributed by atoms with van der Waals surface area (Å²) in [7, 11) is 0. The van der Waals surface area contributed by atoms with Gasteiger partial charge in [-0.2, -0.15) is 0 Å². The Hall–Kier alpha value is -3.52. The van der Waals surface area contributed by atoms with Gasteiger partial charge in [-0.1, -0.05) is 90.1 Å². The standard InChI is InChI=1S/C17H21NO4.C16H25NO.C3H9N/c1-11(2)10-13-4-6-14(7-5-13)12(3)17(21)22-18-15(19)8-9-16(18)20;1-11(2)10-14-6-8-15(9-7-14)13(5)16(18)17-12(3)4;1-3(2)4/h4-7,11-12H,8-10H2,1-3H3;6-9,11-13H,10H2,1-5H3,(H,17,18);3H,4H2,1-2H3. The summed E-state index contributed by atoms with van der Waals surface area (Å²) < 4.78 is 0. The quantitative estimate of drug-likeness (QED) is 0.298. The lowest BCUT2D eigenvalue weighted by Gasteiger charge is -2.16. The van der Waals surface area contributed by atoms with Gasteiger partial charge in [0.15, 0.2) is 0 Å². The number of rotatable bonds is 10. The number of carbonyl (C=O) groups is 4. The zero-order valence-electron chi connectivity index (χ0n) is 28.5. The number of imide groups is 1. The van der Waals surface area contributed by atoms with E-state index in [0.717, 1.165) is 24.0 Å². The summed E-state index contributed by atoms with van der Waals surface area (Å²) in [6.07, 6.45) is 2.28. The predicted molar refractivity (Wildman–Crippen MR) is 177 cm³/mol. The van der Waals surface area contributed by atoms with Gasteiger partial charge in [0.05, 0.1) is 11.8 Å². The van der Waals surface area contributed by atoms with E-state index in [0.29, 0.717) is 22.9 Å². The third-order valence-electron chi connectivity index (χ3n) is 6.61. The number of benzene rings is 2. The van der Waals surface area contributed by atoms with Crippen molar-refractivity contribution < 1.29 is 24.0 Å². The first-order valence-electron chi connectivity index (χ1n) is 15.8. The van der Waals surface area contributed by atoms with Gasteiger partial charge >= 0.3 is 5.97 Å². The number of hydroxylamine groups is 2. The summed E-state index contributed by atoms with van der Waals surface area (Å²) in [4.78, 5) is 51.8. The first-order chi connectivity index (χ1) is 20.5. The Morgan fingerprint density at radius 2 is 1.07 bits per heavy atom. The normalized spacial score (nSPS) is 14.2. The fourth-order valence-corrected chi connectivity index (χ4v) is 4.35. The average molecular weight is 610 g/mol. The van der Waals surface area contributed by atoms with Crippen LogP contribution < -0.4 is 11.1 Å². The molecule has 0 saturated carbocycles. The zero-order chi connectivity index (χ0) is 33.6. The van der Waals surface area contributed by atoms with E-state index >= 15 is 0 Å². The van der Waals surface area contributed by atoms with Crippen LogP contribution in [0.25, 0.3) is 0 Å². The molecule has 1 heterocycles. The molecule has 244 valence electrons. The second kappa shape index (κ2) is 19.0. The lowest BCUT2D eigenvalue weighted by molar-refractivity contribution is -0.198. The molecule has 0 aromatic heterocycles. The molecule has 2 aromatic rings. The highest BCUT2D eigenvalue weighted by Gasteiger charge is 2.34. The molecule has 2 atom stereocenters. The van der Waals surface area contributed by atoms with Gasteiger partial charge in [0, 0.05) is 18.9 Å². The van der Waals surface area contributed by atoms with Gasteiger partial charge in [-0.15, -0.1) is 5.06 Å². The minimum absolute atomic E-state index is 0.0829. The summed E-state index contributed by atoms with van der Waals surface area (Å²) in [5.74, 6) is -0.801. The molecule has 1 aliphatic heterocycles. The molecule has 3 rings (SSSR count). The lowest BCUT2D eigenvalue weighted by Crippen LogP contribution is -2.33. The molecule has 1 saturated heterocycles. The largest absolute Gasteiger partial charge is 0.353 e. The van der Waals surface area contributed by atoms with E-state index in [-0.39, 0.29) is 30.7 Å². The van der Waals surface area contributed by atoms with E-state index in [1.54, 1.807) is 6.92 Å². The number of hydrogen-bond donors (Lipinski definition) is 2. The van der Waals surface area contributed by atoms with Gasteiger partial charge in [-0.05, 0) is 80.7 Å². The smallest absolute Gasteiger partial charge is 0.340 e. The van der Waals surface area contributed by atoms with Crippen LogP contribution in [0.5, 0.6) is 0 Å². The molecule has 2 aromatic carbocycles. The van der Waals surface area contributed by atoms with E-state index in [4.69, 9.17) is 10.6 Å². The first kappa shape index (κ1) is 38.5. The molecule has 0 bridgehead atoms. The number of nitrogens with two attached hydrogens (primary N) is 1. The first-order valence-corrected chi connectivity index (χ1v) is 15.8. The van der Waals surface area contributed by atoms with Crippen molar-refractivity contribution in [2.75, 3.05) is 0 Å². The Bertz CT molecular complexity index is 1170. The molecule has 8 nitrogen and oxygen atoms in total. The van der Waals surface area contributed by atoms with Crippen molar-refractivity contribution in [2.24, 2.45) is 17.6 Å². The van der Waals surface area contributed by atoms with Gasteiger partial charge in [-0.3, -0.25) is 14.4 Å². The molecular formula is C36H55N3O5. The van der Waals surface area contributed by atoms with Crippen LogP contribution in [0, 0.1) is 11.8 Å². The lowest BCUT2D eigenvalue weighted by atomic mass is 9.96. The zero-order valence-corrected chi connectivity index (χ0v) is 28.5. The van der Waals surface area contributed by atoms with E-state index in [9.17, 15) is 19.2 Å². The molecule has 8 heteroatoms. The number of hydrogen-bond acceptors (Lipinski definition) is 6.